The van der Waals surface area contributed by atoms with Crippen LogP contribution in [0.15, 0.2) is 24.3 Å². The molecule has 3 rings (SSSR count). The van der Waals surface area contributed by atoms with E-state index in [1.165, 1.54) is 37.7 Å². The Hall–Kier alpha value is -2.04. The summed E-state index contributed by atoms with van der Waals surface area (Å²) in [5.74, 6) is 0.515. The molecule has 0 spiro atoms. The topological polar surface area (TPSA) is 67.4 Å². The fourth-order valence-electron chi connectivity index (χ4n) is 3.28. The molecule has 2 amide bonds. The highest BCUT2D eigenvalue weighted by atomic mass is 16.6. The maximum absolute atomic E-state index is 11.8. The molecule has 1 aliphatic heterocycles. The monoisotopic (exact) mass is 316 g/mol. The summed E-state index contributed by atoms with van der Waals surface area (Å²) in [6, 6.07) is 7.93. The summed E-state index contributed by atoms with van der Waals surface area (Å²) in [4.78, 5) is 22.9. The Morgan fingerprint density at radius 2 is 1.91 bits per heavy atom. The second-order valence-corrected chi connectivity index (χ2v) is 6.49. The Kier molecular flexibility index (Phi) is 4.84. The molecule has 2 atom stereocenters. The number of nitrogens with one attached hydrogen (secondary N) is 2. The molecular formula is C18H24N2O3. The molecule has 1 aromatic rings. The van der Waals surface area contributed by atoms with Crippen molar-refractivity contribution in [1.82, 2.24) is 10.6 Å². The van der Waals surface area contributed by atoms with Crippen LogP contribution in [0, 0.1) is 0 Å². The van der Waals surface area contributed by atoms with Crippen molar-refractivity contribution < 1.29 is 14.3 Å². The van der Waals surface area contributed by atoms with Gasteiger partial charge < -0.3 is 15.4 Å². The van der Waals surface area contributed by atoms with Gasteiger partial charge in [-0.3, -0.25) is 4.79 Å². The van der Waals surface area contributed by atoms with Gasteiger partial charge in [0.25, 0.3) is 0 Å². The van der Waals surface area contributed by atoms with Gasteiger partial charge in [0.05, 0.1) is 0 Å². The van der Waals surface area contributed by atoms with E-state index in [4.69, 9.17) is 4.74 Å². The fourth-order valence-corrected chi connectivity index (χ4v) is 3.28. The quantitative estimate of drug-likeness (QED) is 0.839. The molecule has 5 nitrogen and oxygen atoms in total. The van der Waals surface area contributed by atoms with Gasteiger partial charge in [-0.1, -0.05) is 43.5 Å². The standard InChI is InChI=1S/C18H24N2O3/c1-12(23-18(22)20-16-11-19-17(16)21)13-7-9-15(10-8-13)14-5-3-2-4-6-14/h7-10,12,14,16H,2-6,11H2,1H3,(H,19,21)(H,20,22)/t12?,16-/m0/s1. The zero-order valence-corrected chi connectivity index (χ0v) is 13.5. The zero-order valence-electron chi connectivity index (χ0n) is 13.5. The maximum atomic E-state index is 11.8. The molecule has 5 heteroatoms. The molecule has 1 aliphatic carbocycles. The zero-order chi connectivity index (χ0) is 16.2. The summed E-state index contributed by atoms with van der Waals surface area (Å²) in [6.07, 6.45) is 5.66. The Labute approximate surface area is 136 Å². The summed E-state index contributed by atoms with van der Waals surface area (Å²) in [5.41, 5.74) is 2.36. The third kappa shape index (κ3) is 3.84. The van der Waals surface area contributed by atoms with Crippen LogP contribution < -0.4 is 10.6 Å². The predicted octanol–water partition coefficient (Wildman–Crippen LogP) is 3.02. The first-order chi connectivity index (χ1) is 11.1. The van der Waals surface area contributed by atoms with Crippen molar-refractivity contribution in [2.45, 2.75) is 57.1 Å². The van der Waals surface area contributed by atoms with Gasteiger partial charge in [0.2, 0.25) is 5.91 Å². The third-order valence-corrected chi connectivity index (χ3v) is 4.86. The molecular weight excluding hydrogens is 292 g/mol. The molecule has 1 aromatic carbocycles. The second-order valence-electron chi connectivity index (χ2n) is 6.49. The Bertz CT molecular complexity index is 564. The van der Waals surface area contributed by atoms with Crippen molar-refractivity contribution in [3.8, 4) is 0 Å². The predicted molar refractivity (Wildman–Crippen MR) is 87.1 cm³/mol. The molecule has 2 aliphatic rings. The number of rotatable bonds is 4. The van der Waals surface area contributed by atoms with E-state index in [0.29, 0.717) is 12.5 Å². The first-order valence-electron chi connectivity index (χ1n) is 8.48. The lowest BCUT2D eigenvalue weighted by Gasteiger charge is -2.27. The molecule has 124 valence electrons. The highest BCUT2D eigenvalue weighted by Crippen LogP contribution is 2.33. The van der Waals surface area contributed by atoms with E-state index >= 15 is 0 Å². The van der Waals surface area contributed by atoms with Gasteiger partial charge in [-0.05, 0) is 36.8 Å². The van der Waals surface area contributed by atoms with Gasteiger partial charge in [-0.25, -0.2) is 4.79 Å². The second kappa shape index (κ2) is 7.02. The number of alkyl carbamates (subject to hydrolysis) is 1. The molecule has 1 saturated heterocycles. The van der Waals surface area contributed by atoms with Crippen molar-refractivity contribution >= 4 is 12.0 Å². The fraction of sp³-hybridized carbons (Fsp3) is 0.556. The highest BCUT2D eigenvalue weighted by molar-refractivity contribution is 5.90. The van der Waals surface area contributed by atoms with Crippen molar-refractivity contribution in [2.24, 2.45) is 0 Å². The number of hydrogen-bond acceptors (Lipinski definition) is 3. The van der Waals surface area contributed by atoms with Crippen LogP contribution in [0.1, 0.15) is 62.2 Å². The lowest BCUT2D eigenvalue weighted by molar-refractivity contribution is -0.128. The summed E-state index contributed by atoms with van der Waals surface area (Å²) in [6.45, 7) is 2.31. The van der Waals surface area contributed by atoms with E-state index in [1.54, 1.807) is 0 Å². The van der Waals surface area contributed by atoms with Crippen molar-refractivity contribution in [3.05, 3.63) is 35.4 Å². The van der Waals surface area contributed by atoms with Crippen molar-refractivity contribution in [2.75, 3.05) is 6.54 Å². The molecule has 2 fully saturated rings. The van der Waals surface area contributed by atoms with Gasteiger partial charge in [-0.2, -0.15) is 0 Å². The largest absolute Gasteiger partial charge is 0.442 e. The van der Waals surface area contributed by atoms with Gasteiger partial charge in [-0.15, -0.1) is 0 Å². The summed E-state index contributed by atoms with van der Waals surface area (Å²) >= 11 is 0. The van der Waals surface area contributed by atoms with Crippen LogP contribution in [0.4, 0.5) is 4.79 Å². The Morgan fingerprint density at radius 1 is 1.22 bits per heavy atom. The van der Waals surface area contributed by atoms with Gasteiger partial charge in [0.1, 0.15) is 12.1 Å². The summed E-state index contributed by atoms with van der Waals surface area (Å²) in [7, 11) is 0. The van der Waals surface area contributed by atoms with Crippen LogP contribution >= 0.6 is 0 Å². The van der Waals surface area contributed by atoms with E-state index in [0.717, 1.165) is 5.56 Å². The number of carbonyl (C=O) groups excluding carboxylic acids is 2. The lowest BCUT2D eigenvalue weighted by atomic mass is 9.84. The van der Waals surface area contributed by atoms with E-state index in [-0.39, 0.29) is 12.0 Å². The van der Waals surface area contributed by atoms with Gasteiger partial charge >= 0.3 is 6.09 Å². The van der Waals surface area contributed by atoms with Crippen LogP contribution in [0.5, 0.6) is 0 Å². The van der Waals surface area contributed by atoms with Gasteiger partial charge in [0.15, 0.2) is 0 Å². The first kappa shape index (κ1) is 15.8. The minimum Gasteiger partial charge on any atom is -0.442 e. The van der Waals surface area contributed by atoms with Crippen LogP contribution in [0.2, 0.25) is 0 Å². The van der Waals surface area contributed by atoms with Crippen LogP contribution in [0.25, 0.3) is 0 Å². The molecule has 1 unspecified atom stereocenters. The first-order valence-corrected chi connectivity index (χ1v) is 8.48. The SMILES string of the molecule is CC(OC(=O)N[C@H]1CNC1=O)c1ccc(C2CCCCC2)cc1. The summed E-state index contributed by atoms with van der Waals surface area (Å²) < 4.78 is 5.35. The number of amides is 2. The smallest absolute Gasteiger partial charge is 0.408 e. The van der Waals surface area contributed by atoms with Crippen LogP contribution in [-0.2, 0) is 9.53 Å². The van der Waals surface area contributed by atoms with Crippen LogP contribution in [-0.4, -0.2) is 24.6 Å². The van der Waals surface area contributed by atoms with E-state index in [1.807, 2.05) is 19.1 Å². The third-order valence-electron chi connectivity index (χ3n) is 4.86. The molecule has 1 saturated carbocycles. The minimum absolute atomic E-state index is 0.161. The highest BCUT2D eigenvalue weighted by Gasteiger charge is 2.30. The van der Waals surface area contributed by atoms with E-state index < -0.39 is 12.1 Å². The van der Waals surface area contributed by atoms with Crippen molar-refractivity contribution in [3.63, 3.8) is 0 Å². The molecule has 0 aromatic heterocycles. The number of hydrogen-bond donors (Lipinski definition) is 2. The molecule has 1 heterocycles. The Balaban J connectivity index is 1.53. The average Bonchev–Trinajstić information content (AvgIpc) is 2.59. The number of β-lactam (4-membered cyclic amide) rings is 1. The van der Waals surface area contributed by atoms with E-state index in [2.05, 4.69) is 22.8 Å². The minimum atomic E-state index is -0.547. The molecule has 23 heavy (non-hydrogen) atoms. The summed E-state index contributed by atoms with van der Waals surface area (Å²) in [5, 5.41) is 5.13. The molecule has 0 radical (unpaired) electrons. The molecule has 2 N–H and O–H groups in total. The Morgan fingerprint density at radius 3 is 2.48 bits per heavy atom. The average molecular weight is 316 g/mol. The van der Waals surface area contributed by atoms with E-state index in [9.17, 15) is 9.59 Å². The van der Waals surface area contributed by atoms with Gasteiger partial charge in [0, 0.05) is 6.54 Å². The normalized spacial score (nSPS) is 22.7. The lowest BCUT2D eigenvalue weighted by Crippen LogP contribution is -2.61. The van der Waals surface area contributed by atoms with Crippen LogP contribution in [0.3, 0.4) is 0 Å². The molecule has 0 bridgehead atoms. The number of ether oxygens (including phenoxy) is 1. The number of carbonyl (C=O) groups is 2. The maximum Gasteiger partial charge on any atom is 0.408 e. The number of benzene rings is 1. The van der Waals surface area contributed by atoms with Crippen molar-refractivity contribution in [1.29, 1.82) is 0 Å².